The normalized spacial score (nSPS) is 10.5. The lowest BCUT2D eigenvalue weighted by atomic mass is 10.1. The number of hydrogen-bond donors (Lipinski definition) is 3. The first-order valence-electron chi connectivity index (χ1n) is 10.1. The summed E-state index contributed by atoms with van der Waals surface area (Å²) >= 11 is 0. The quantitative estimate of drug-likeness (QED) is 0.360. The van der Waals surface area contributed by atoms with Gasteiger partial charge in [-0.05, 0) is 42.5 Å². The molecule has 0 atom stereocenters. The standard InChI is InChI=1S/C24H19FN4O5/c1-33-24(32)22-16-12-14(10-11-18(16)28-29-22)26-23(31)15-6-2-5-9-20(15)34-13-21(30)27-19-8-4-3-7-17(19)25/h2-12H,13H2,1H3,(H,26,31)(H,27,30)(H,28,29). The number of carbonyl (C=O) groups is 3. The molecule has 0 saturated heterocycles. The number of benzene rings is 3. The summed E-state index contributed by atoms with van der Waals surface area (Å²) in [5, 5.41) is 12.3. The molecule has 1 heterocycles. The molecule has 0 aliphatic carbocycles. The largest absolute Gasteiger partial charge is 0.483 e. The van der Waals surface area contributed by atoms with Crippen molar-refractivity contribution in [2.24, 2.45) is 0 Å². The minimum Gasteiger partial charge on any atom is -0.483 e. The number of fused-ring (bicyclic) bond motifs is 1. The first kappa shape index (κ1) is 22.5. The van der Waals surface area contributed by atoms with E-state index in [1.165, 1.54) is 31.4 Å². The molecule has 3 aromatic carbocycles. The van der Waals surface area contributed by atoms with Crippen molar-refractivity contribution in [1.29, 1.82) is 0 Å². The van der Waals surface area contributed by atoms with Crippen molar-refractivity contribution < 1.29 is 28.2 Å². The number of H-pyrrole nitrogens is 1. The number of nitrogens with zero attached hydrogens (tertiary/aromatic N) is 1. The number of rotatable bonds is 7. The number of hydrogen-bond acceptors (Lipinski definition) is 6. The lowest BCUT2D eigenvalue weighted by molar-refractivity contribution is -0.118. The molecule has 0 fully saturated rings. The van der Waals surface area contributed by atoms with Crippen LogP contribution in [0.4, 0.5) is 15.8 Å². The van der Waals surface area contributed by atoms with Crippen LogP contribution in [-0.2, 0) is 9.53 Å². The van der Waals surface area contributed by atoms with E-state index in [9.17, 15) is 18.8 Å². The summed E-state index contributed by atoms with van der Waals surface area (Å²) in [7, 11) is 1.25. The van der Waals surface area contributed by atoms with Crippen LogP contribution in [0, 0.1) is 5.82 Å². The summed E-state index contributed by atoms with van der Waals surface area (Å²) in [5.74, 6) is -2.08. The zero-order valence-electron chi connectivity index (χ0n) is 17.9. The number of ether oxygens (including phenoxy) is 2. The molecule has 2 amide bonds. The van der Waals surface area contributed by atoms with Crippen LogP contribution in [0.1, 0.15) is 20.8 Å². The molecule has 9 nitrogen and oxygen atoms in total. The first-order chi connectivity index (χ1) is 16.5. The molecule has 4 rings (SSSR count). The van der Waals surface area contributed by atoms with E-state index >= 15 is 0 Å². The monoisotopic (exact) mass is 462 g/mol. The van der Waals surface area contributed by atoms with Crippen LogP contribution in [0.15, 0.2) is 66.7 Å². The Bertz CT molecular complexity index is 1380. The number of nitrogens with one attached hydrogen (secondary N) is 3. The van der Waals surface area contributed by atoms with E-state index in [4.69, 9.17) is 9.47 Å². The van der Waals surface area contributed by atoms with E-state index in [1.807, 2.05) is 0 Å². The van der Waals surface area contributed by atoms with Gasteiger partial charge in [-0.2, -0.15) is 5.10 Å². The van der Waals surface area contributed by atoms with Crippen LogP contribution in [0.5, 0.6) is 5.75 Å². The lowest BCUT2D eigenvalue weighted by Gasteiger charge is -2.12. The highest BCUT2D eigenvalue weighted by molar-refractivity contribution is 6.08. The van der Waals surface area contributed by atoms with Gasteiger partial charge in [-0.1, -0.05) is 24.3 Å². The molecule has 4 aromatic rings. The summed E-state index contributed by atoms with van der Waals surface area (Å²) in [5.41, 5.74) is 1.32. The Balaban J connectivity index is 1.47. The number of anilines is 2. The van der Waals surface area contributed by atoms with E-state index in [-0.39, 0.29) is 22.7 Å². The van der Waals surface area contributed by atoms with Crippen LogP contribution in [0.3, 0.4) is 0 Å². The van der Waals surface area contributed by atoms with E-state index in [1.54, 1.807) is 42.5 Å². The Morgan fingerprint density at radius 3 is 2.56 bits per heavy atom. The number of methoxy groups -OCH3 is 1. The Morgan fingerprint density at radius 2 is 1.76 bits per heavy atom. The molecule has 34 heavy (non-hydrogen) atoms. The second-order valence-corrected chi connectivity index (χ2v) is 7.09. The molecule has 1 aromatic heterocycles. The van der Waals surface area contributed by atoms with Crippen LogP contribution in [0.2, 0.25) is 0 Å². The molecule has 0 radical (unpaired) electrons. The second-order valence-electron chi connectivity index (χ2n) is 7.09. The highest BCUT2D eigenvalue weighted by Crippen LogP contribution is 2.24. The molecule has 10 heteroatoms. The van der Waals surface area contributed by atoms with Gasteiger partial charge in [0.1, 0.15) is 11.6 Å². The van der Waals surface area contributed by atoms with E-state index in [0.717, 1.165) is 0 Å². The van der Waals surface area contributed by atoms with Gasteiger partial charge in [0.15, 0.2) is 12.3 Å². The SMILES string of the molecule is COC(=O)c1n[nH]c2ccc(NC(=O)c3ccccc3OCC(=O)Nc3ccccc3F)cc12. The Hall–Kier alpha value is -4.73. The van der Waals surface area contributed by atoms with Crippen molar-refractivity contribution in [2.45, 2.75) is 0 Å². The number of halogens is 1. The lowest BCUT2D eigenvalue weighted by Crippen LogP contribution is -2.22. The summed E-state index contributed by atoms with van der Waals surface area (Å²) < 4.78 is 24.0. The second kappa shape index (κ2) is 9.82. The predicted molar refractivity (Wildman–Crippen MR) is 122 cm³/mol. The fourth-order valence-corrected chi connectivity index (χ4v) is 3.21. The Morgan fingerprint density at radius 1 is 1.00 bits per heavy atom. The fraction of sp³-hybridized carbons (Fsp3) is 0.0833. The summed E-state index contributed by atoms with van der Waals surface area (Å²) in [6.45, 7) is -0.428. The van der Waals surface area contributed by atoms with Gasteiger partial charge in [-0.15, -0.1) is 0 Å². The van der Waals surface area contributed by atoms with Gasteiger partial charge in [0.25, 0.3) is 11.8 Å². The van der Waals surface area contributed by atoms with Gasteiger partial charge in [-0.25, -0.2) is 9.18 Å². The third-order valence-corrected chi connectivity index (χ3v) is 4.84. The highest BCUT2D eigenvalue weighted by Gasteiger charge is 2.17. The molecule has 0 bridgehead atoms. The van der Waals surface area contributed by atoms with Crippen molar-refractivity contribution in [2.75, 3.05) is 24.4 Å². The van der Waals surface area contributed by atoms with Crippen molar-refractivity contribution >= 4 is 40.1 Å². The first-order valence-corrected chi connectivity index (χ1v) is 10.1. The molecule has 0 aliphatic rings. The summed E-state index contributed by atoms with van der Waals surface area (Å²) in [6, 6.07) is 17.0. The van der Waals surface area contributed by atoms with Crippen LogP contribution in [0.25, 0.3) is 10.9 Å². The molecule has 0 aliphatic heterocycles. The minimum atomic E-state index is -0.609. The molecular weight excluding hydrogens is 443 g/mol. The summed E-state index contributed by atoms with van der Waals surface area (Å²) in [6.07, 6.45) is 0. The van der Waals surface area contributed by atoms with Crippen molar-refractivity contribution in [3.8, 4) is 5.75 Å². The van der Waals surface area contributed by atoms with E-state index in [2.05, 4.69) is 20.8 Å². The Kier molecular flexibility index (Phi) is 6.49. The van der Waals surface area contributed by atoms with Gasteiger partial charge in [-0.3, -0.25) is 14.7 Å². The molecular formula is C24H19FN4O5. The average molecular weight is 462 g/mol. The molecule has 172 valence electrons. The molecule has 0 spiro atoms. The van der Waals surface area contributed by atoms with Crippen LogP contribution < -0.4 is 15.4 Å². The van der Waals surface area contributed by atoms with Crippen LogP contribution >= 0.6 is 0 Å². The zero-order valence-corrected chi connectivity index (χ0v) is 17.9. The van der Waals surface area contributed by atoms with E-state index < -0.39 is 30.2 Å². The topological polar surface area (TPSA) is 122 Å². The number of aromatic nitrogens is 2. The predicted octanol–water partition coefficient (Wildman–Crippen LogP) is 3.76. The minimum absolute atomic E-state index is 0.0306. The smallest absolute Gasteiger partial charge is 0.359 e. The molecule has 0 unspecified atom stereocenters. The zero-order chi connectivity index (χ0) is 24.1. The number of amides is 2. The third kappa shape index (κ3) is 4.85. The van der Waals surface area contributed by atoms with Gasteiger partial charge in [0.2, 0.25) is 0 Å². The number of para-hydroxylation sites is 2. The van der Waals surface area contributed by atoms with E-state index in [0.29, 0.717) is 16.6 Å². The maximum absolute atomic E-state index is 13.7. The van der Waals surface area contributed by atoms with Crippen LogP contribution in [-0.4, -0.2) is 41.7 Å². The fourth-order valence-electron chi connectivity index (χ4n) is 3.21. The summed E-state index contributed by atoms with van der Waals surface area (Å²) in [4.78, 5) is 37.0. The average Bonchev–Trinajstić information content (AvgIpc) is 3.27. The Labute approximate surface area is 192 Å². The molecule has 3 N–H and O–H groups in total. The maximum Gasteiger partial charge on any atom is 0.359 e. The number of aromatic amines is 1. The number of carbonyl (C=O) groups excluding carboxylic acids is 3. The maximum atomic E-state index is 13.7. The highest BCUT2D eigenvalue weighted by atomic mass is 19.1. The third-order valence-electron chi connectivity index (χ3n) is 4.84. The van der Waals surface area contributed by atoms with Gasteiger partial charge in [0.05, 0.1) is 23.9 Å². The number of esters is 1. The van der Waals surface area contributed by atoms with Crippen molar-refractivity contribution in [3.05, 3.63) is 83.8 Å². The molecule has 0 saturated carbocycles. The van der Waals surface area contributed by atoms with Gasteiger partial charge >= 0.3 is 5.97 Å². The van der Waals surface area contributed by atoms with Crippen molar-refractivity contribution in [1.82, 2.24) is 10.2 Å². The van der Waals surface area contributed by atoms with Crippen molar-refractivity contribution in [3.63, 3.8) is 0 Å². The van der Waals surface area contributed by atoms with Gasteiger partial charge < -0.3 is 20.1 Å². The van der Waals surface area contributed by atoms with Gasteiger partial charge in [0, 0.05) is 11.1 Å².